The monoisotopic (exact) mass is 493 g/mol. The number of piperidine rings is 1. The summed E-state index contributed by atoms with van der Waals surface area (Å²) >= 11 is 0. The quantitative estimate of drug-likeness (QED) is 0.426. The molecule has 6 heteroatoms. The van der Waals surface area contributed by atoms with Gasteiger partial charge in [-0.3, -0.25) is 9.59 Å². The van der Waals surface area contributed by atoms with Crippen LogP contribution in [0.4, 0.5) is 0 Å². The van der Waals surface area contributed by atoms with Crippen molar-refractivity contribution in [3.63, 3.8) is 0 Å². The van der Waals surface area contributed by atoms with Crippen molar-refractivity contribution in [1.82, 2.24) is 4.90 Å². The predicted molar refractivity (Wildman–Crippen MR) is 137 cm³/mol. The van der Waals surface area contributed by atoms with Crippen molar-refractivity contribution >= 4 is 11.6 Å². The summed E-state index contributed by atoms with van der Waals surface area (Å²) in [7, 11) is 2.07. The number of carbonyl (C=O) groups excluding carboxylic acids is 2. The highest BCUT2D eigenvalue weighted by atomic mass is 16.5. The maximum atomic E-state index is 14.8. The second kappa shape index (κ2) is 7.40. The number of benzene rings is 3. The summed E-state index contributed by atoms with van der Waals surface area (Å²) in [5.41, 5.74) is -2.97. The fraction of sp³-hybridized carbons (Fsp3) is 0.290. The van der Waals surface area contributed by atoms with Crippen molar-refractivity contribution in [2.24, 2.45) is 5.92 Å². The van der Waals surface area contributed by atoms with E-state index in [1.165, 1.54) is 6.08 Å². The molecule has 3 aromatic carbocycles. The van der Waals surface area contributed by atoms with E-state index in [9.17, 15) is 19.8 Å². The van der Waals surface area contributed by atoms with Gasteiger partial charge in [0.15, 0.2) is 17.1 Å². The van der Waals surface area contributed by atoms with Crippen LogP contribution in [0.15, 0.2) is 84.9 Å². The summed E-state index contributed by atoms with van der Waals surface area (Å²) in [4.78, 5) is 31.4. The van der Waals surface area contributed by atoms with Crippen LogP contribution in [0.5, 0.6) is 11.5 Å². The minimum atomic E-state index is -2.31. The average Bonchev–Trinajstić information content (AvgIpc) is 3.26. The molecule has 2 heterocycles. The Morgan fingerprint density at radius 2 is 1.59 bits per heavy atom. The van der Waals surface area contributed by atoms with Gasteiger partial charge in [-0.1, -0.05) is 72.8 Å². The highest BCUT2D eigenvalue weighted by Crippen LogP contribution is 2.69. The Kier molecular flexibility index (Phi) is 4.49. The maximum absolute atomic E-state index is 14.8. The molecule has 2 aliphatic heterocycles. The summed E-state index contributed by atoms with van der Waals surface area (Å²) in [5.74, 6) is -1.14. The number of ether oxygens (including phenoxy) is 1. The molecule has 0 radical (unpaired) electrons. The average molecular weight is 494 g/mol. The molecule has 0 saturated carbocycles. The predicted octanol–water partition coefficient (Wildman–Crippen LogP) is 3.70. The number of ketones is 2. The molecule has 1 fully saturated rings. The molecule has 2 bridgehead atoms. The number of likely N-dealkylation sites (tertiary alicyclic amines) is 1. The Bertz CT molecular complexity index is 1480. The van der Waals surface area contributed by atoms with E-state index in [0.29, 0.717) is 18.5 Å². The number of Topliss-reactive ketones (excluding diaryl/α,β-unsaturated/α-hetero) is 2. The van der Waals surface area contributed by atoms with Crippen LogP contribution in [0.1, 0.15) is 38.3 Å². The van der Waals surface area contributed by atoms with Crippen molar-refractivity contribution in [3.8, 4) is 11.5 Å². The first kappa shape index (κ1) is 22.5. The Hall–Kier alpha value is -3.74. The molecule has 3 aromatic rings. The minimum Gasteiger partial charge on any atom is -0.504 e. The molecule has 0 aromatic heterocycles. The van der Waals surface area contributed by atoms with Crippen LogP contribution < -0.4 is 4.74 Å². The lowest BCUT2D eigenvalue weighted by atomic mass is 9.44. The van der Waals surface area contributed by atoms with Crippen LogP contribution >= 0.6 is 0 Å². The molecule has 1 spiro atoms. The normalized spacial score (nSPS) is 32.9. The van der Waals surface area contributed by atoms with Gasteiger partial charge in [0, 0.05) is 28.7 Å². The summed E-state index contributed by atoms with van der Waals surface area (Å²) in [6.45, 7) is 0.659. The number of aromatic hydroxyl groups is 1. The molecule has 0 amide bonds. The third kappa shape index (κ3) is 2.52. The summed E-state index contributed by atoms with van der Waals surface area (Å²) in [5, 5.41) is 23.7. The number of phenols is 1. The van der Waals surface area contributed by atoms with Crippen molar-refractivity contribution in [2.75, 3.05) is 13.6 Å². The van der Waals surface area contributed by atoms with E-state index in [1.807, 2.05) is 18.2 Å². The molecule has 4 aliphatic rings. The molecule has 37 heavy (non-hydrogen) atoms. The van der Waals surface area contributed by atoms with Crippen LogP contribution in [-0.2, 0) is 11.8 Å². The lowest BCUT2D eigenvalue weighted by Crippen LogP contribution is -2.79. The zero-order chi connectivity index (χ0) is 25.6. The summed E-state index contributed by atoms with van der Waals surface area (Å²) in [6.07, 6.45) is 4.62. The Morgan fingerprint density at radius 3 is 2.27 bits per heavy atom. The molecule has 0 unspecified atom stereocenters. The minimum absolute atomic E-state index is 0.0518. The van der Waals surface area contributed by atoms with E-state index >= 15 is 0 Å². The number of rotatable bonds is 4. The number of hydrogen-bond acceptors (Lipinski definition) is 6. The van der Waals surface area contributed by atoms with E-state index in [2.05, 4.69) is 11.9 Å². The van der Waals surface area contributed by atoms with Gasteiger partial charge in [-0.25, -0.2) is 0 Å². The first-order valence-electron chi connectivity index (χ1n) is 12.7. The Balaban J connectivity index is 1.59. The highest BCUT2D eigenvalue weighted by molar-refractivity contribution is 6.15. The van der Waals surface area contributed by atoms with Crippen molar-refractivity contribution < 1.29 is 24.5 Å². The smallest absolute Gasteiger partial charge is 0.221 e. The number of hydrogen-bond donors (Lipinski definition) is 2. The van der Waals surface area contributed by atoms with E-state index < -0.39 is 28.2 Å². The first-order valence-corrected chi connectivity index (χ1v) is 12.7. The number of carbonyl (C=O) groups is 2. The molecular weight excluding hydrogens is 466 g/mol. The second-order valence-corrected chi connectivity index (χ2v) is 10.7. The van der Waals surface area contributed by atoms with Gasteiger partial charge in [-0.05, 0) is 44.1 Å². The van der Waals surface area contributed by atoms with Gasteiger partial charge >= 0.3 is 0 Å². The largest absolute Gasteiger partial charge is 0.504 e. The topological polar surface area (TPSA) is 87.1 Å². The second-order valence-electron chi connectivity index (χ2n) is 10.7. The van der Waals surface area contributed by atoms with Gasteiger partial charge in [-0.15, -0.1) is 0 Å². The SMILES string of the molecule is CN1CC[C@]23c4c5ccc(O)c4O[C@@]2(C(=O)c2ccccc2)[C@](O)(C(=O)c2ccccc2)C=C[C@H]3[C@H]1C5. The van der Waals surface area contributed by atoms with Crippen LogP contribution in [0, 0.1) is 5.92 Å². The number of phenolic OH excluding ortho intramolecular Hbond substituents is 1. The Labute approximate surface area is 214 Å². The van der Waals surface area contributed by atoms with Gasteiger partial charge in [0.2, 0.25) is 17.2 Å². The van der Waals surface area contributed by atoms with Gasteiger partial charge < -0.3 is 19.8 Å². The molecule has 2 N–H and O–H groups in total. The van der Waals surface area contributed by atoms with Crippen LogP contribution in [-0.4, -0.2) is 57.5 Å². The zero-order valence-electron chi connectivity index (χ0n) is 20.4. The number of aliphatic hydroxyl groups is 1. The van der Waals surface area contributed by atoms with E-state index in [1.54, 1.807) is 60.7 Å². The van der Waals surface area contributed by atoms with Gasteiger partial charge in [0.25, 0.3) is 0 Å². The lowest BCUT2D eigenvalue weighted by Gasteiger charge is -2.62. The molecular formula is C31H27NO5. The summed E-state index contributed by atoms with van der Waals surface area (Å²) in [6, 6.07) is 20.8. The molecule has 186 valence electrons. The van der Waals surface area contributed by atoms with E-state index in [4.69, 9.17) is 4.74 Å². The molecule has 6 nitrogen and oxygen atoms in total. The maximum Gasteiger partial charge on any atom is 0.221 e. The van der Waals surface area contributed by atoms with E-state index in [-0.39, 0.29) is 29.0 Å². The van der Waals surface area contributed by atoms with Crippen LogP contribution in [0.2, 0.25) is 0 Å². The third-order valence-electron chi connectivity index (χ3n) is 9.21. The molecule has 2 aliphatic carbocycles. The zero-order valence-corrected chi connectivity index (χ0v) is 20.4. The molecule has 7 rings (SSSR count). The fourth-order valence-electron chi connectivity index (χ4n) is 7.62. The van der Waals surface area contributed by atoms with Crippen LogP contribution in [0.3, 0.4) is 0 Å². The molecule has 1 saturated heterocycles. The van der Waals surface area contributed by atoms with Gasteiger partial charge in [-0.2, -0.15) is 0 Å². The van der Waals surface area contributed by atoms with E-state index in [0.717, 1.165) is 17.5 Å². The van der Waals surface area contributed by atoms with Crippen LogP contribution in [0.25, 0.3) is 0 Å². The Morgan fingerprint density at radius 1 is 0.946 bits per heavy atom. The van der Waals surface area contributed by atoms with Crippen molar-refractivity contribution in [3.05, 3.63) is 107 Å². The lowest BCUT2D eigenvalue weighted by molar-refractivity contribution is -0.127. The standard InChI is InChI=1S/C31H27NO5/c1-32-17-16-29-22-14-15-30(36,27(34)19-8-4-2-5-9-19)31(29,28(35)20-10-6-3-7-11-20)37-26-24(33)13-12-21(25(26)29)18-23(22)32/h2-15,22-23,33,36H,16-18H2,1H3/t22-,23+,29-,30+,31+/m0/s1. The van der Waals surface area contributed by atoms with Crippen molar-refractivity contribution in [1.29, 1.82) is 0 Å². The van der Waals surface area contributed by atoms with Gasteiger partial charge in [0.05, 0.1) is 5.41 Å². The first-order chi connectivity index (χ1) is 17.8. The summed E-state index contributed by atoms with van der Waals surface area (Å²) < 4.78 is 6.67. The number of nitrogens with zero attached hydrogens (tertiary/aromatic N) is 1. The molecule has 5 atom stereocenters. The fourth-order valence-corrected chi connectivity index (χ4v) is 7.62. The third-order valence-corrected chi connectivity index (χ3v) is 9.21. The highest BCUT2D eigenvalue weighted by Gasteiger charge is 2.80. The van der Waals surface area contributed by atoms with Gasteiger partial charge in [0.1, 0.15) is 0 Å². The number of likely N-dealkylation sites (N-methyl/N-ethyl adjacent to an activating group) is 1. The van der Waals surface area contributed by atoms with Crippen molar-refractivity contribution in [2.45, 2.75) is 35.5 Å².